The largest absolute Gasteiger partial charge is 0.463 e. The number of piperidine rings is 1. The van der Waals surface area contributed by atoms with E-state index in [2.05, 4.69) is 21.3 Å². The number of thiophene rings is 1. The number of aryl methyl sites for hydroxylation is 1. The van der Waals surface area contributed by atoms with Gasteiger partial charge in [0.05, 0.1) is 11.5 Å². The molecule has 0 bridgehead atoms. The fourth-order valence-corrected chi connectivity index (χ4v) is 6.75. The molecule has 0 radical (unpaired) electrons. The van der Waals surface area contributed by atoms with E-state index >= 15 is 0 Å². The normalized spacial score (nSPS) is 16.6. The minimum Gasteiger partial charge on any atom is -0.463 e. The van der Waals surface area contributed by atoms with E-state index in [1.807, 2.05) is 74.7 Å². The zero-order valence-electron chi connectivity index (χ0n) is 28.0. The first-order chi connectivity index (χ1) is 23.0. The maximum Gasteiger partial charge on any atom is 0.330 e. The summed E-state index contributed by atoms with van der Waals surface area (Å²) in [7, 11) is 0. The van der Waals surface area contributed by atoms with Gasteiger partial charge < -0.3 is 26.0 Å². The Morgan fingerprint density at radius 3 is 2.46 bits per heavy atom. The van der Waals surface area contributed by atoms with E-state index in [0.29, 0.717) is 24.3 Å². The monoisotopic (exact) mass is 674 g/mol. The maximum absolute atomic E-state index is 14.1. The van der Waals surface area contributed by atoms with Crippen LogP contribution in [-0.2, 0) is 30.3 Å². The first-order valence-corrected chi connectivity index (χ1v) is 17.5. The molecule has 2 heterocycles. The minimum absolute atomic E-state index is 0.0403. The third-order valence-electron chi connectivity index (χ3n) is 8.35. The number of benzene rings is 2. The van der Waals surface area contributed by atoms with Gasteiger partial charge in [0, 0.05) is 31.0 Å². The lowest BCUT2D eigenvalue weighted by atomic mass is 9.91. The highest BCUT2D eigenvalue weighted by atomic mass is 32.1. The highest BCUT2D eigenvalue weighted by Gasteiger charge is 2.31. The fourth-order valence-electron chi connectivity index (χ4n) is 5.92. The molecule has 1 aliphatic heterocycles. The topological polar surface area (TPSA) is 143 Å². The van der Waals surface area contributed by atoms with Crippen molar-refractivity contribution in [3.8, 4) is 0 Å². The highest BCUT2D eigenvalue weighted by Crippen LogP contribution is 2.22. The zero-order chi connectivity index (χ0) is 34.6. The van der Waals surface area contributed by atoms with Crippen molar-refractivity contribution in [3.05, 3.63) is 82.1 Å². The molecule has 0 unspecified atom stereocenters. The van der Waals surface area contributed by atoms with Crippen molar-refractivity contribution >= 4 is 51.7 Å². The Labute approximate surface area is 286 Å². The number of carbonyl (C=O) groups is 5. The molecular weight excluding hydrogens is 628 g/mol. The van der Waals surface area contributed by atoms with Crippen LogP contribution in [0.25, 0.3) is 10.8 Å². The van der Waals surface area contributed by atoms with Gasteiger partial charge in [-0.2, -0.15) is 0 Å². The van der Waals surface area contributed by atoms with Crippen LogP contribution in [0.1, 0.15) is 67.3 Å². The van der Waals surface area contributed by atoms with Crippen LogP contribution in [0.5, 0.6) is 0 Å². The number of esters is 1. The number of ether oxygens (including phenoxy) is 1. The third-order valence-corrected chi connectivity index (χ3v) is 9.37. The van der Waals surface area contributed by atoms with Crippen LogP contribution in [0.4, 0.5) is 0 Å². The lowest BCUT2D eigenvalue weighted by molar-refractivity contribution is -0.137. The maximum atomic E-state index is 14.1. The number of carbonyl (C=O) groups excluding carboxylic acids is 5. The summed E-state index contributed by atoms with van der Waals surface area (Å²) in [6.45, 7) is 8.26. The molecule has 11 heteroatoms. The number of hydrogen-bond donors (Lipinski definition) is 4. The summed E-state index contributed by atoms with van der Waals surface area (Å²) in [5.41, 5.74) is 1.70. The molecule has 4 atom stereocenters. The second kappa shape index (κ2) is 17.6. The quantitative estimate of drug-likeness (QED) is 0.137. The number of rotatable bonds is 15. The summed E-state index contributed by atoms with van der Waals surface area (Å²) in [6, 6.07) is 13.0. The van der Waals surface area contributed by atoms with Gasteiger partial charge in [-0.15, -0.1) is 11.3 Å². The van der Waals surface area contributed by atoms with Gasteiger partial charge in [0.25, 0.3) is 5.91 Å². The third kappa shape index (κ3) is 10.2. The molecule has 4 amide bonds. The van der Waals surface area contributed by atoms with E-state index in [4.69, 9.17) is 4.74 Å². The lowest BCUT2D eigenvalue weighted by Gasteiger charge is -2.28. The van der Waals surface area contributed by atoms with Gasteiger partial charge in [0.2, 0.25) is 17.7 Å². The van der Waals surface area contributed by atoms with Crippen LogP contribution in [0.3, 0.4) is 0 Å². The van der Waals surface area contributed by atoms with Crippen molar-refractivity contribution in [1.29, 1.82) is 0 Å². The molecule has 10 nitrogen and oxygen atoms in total. The summed E-state index contributed by atoms with van der Waals surface area (Å²) in [5.74, 6) is -2.24. The summed E-state index contributed by atoms with van der Waals surface area (Å²) in [4.78, 5) is 66.5. The average Bonchev–Trinajstić information content (AvgIpc) is 3.49. The number of hydrogen-bond acceptors (Lipinski definition) is 7. The second-order valence-electron chi connectivity index (χ2n) is 12.6. The van der Waals surface area contributed by atoms with Crippen molar-refractivity contribution in [2.45, 2.75) is 77.9 Å². The predicted octanol–water partition coefficient (Wildman–Crippen LogP) is 4.60. The van der Waals surface area contributed by atoms with Crippen LogP contribution < -0.4 is 21.3 Å². The van der Waals surface area contributed by atoms with Crippen molar-refractivity contribution < 1.29 is 28.7 Å². The molecular formula is C37H46N4O6S. The van der Waals surface area contributed by atoms with Gasteiger partial charge in [-0.25, -0.2) is 4.79 Å². The summed E-state index contributed by atoms with van der Waals surface area (Å²) >= 11 is 1.30. The molecule has 1 saturated heterocycles. The fraction of sp³-hybridized carbons (Fsp3) is 0.432. The van der Waals surface area contributed by atoms with Crippen molar-refractivity contribution in [2.24, 2.45) is 11.8 Å². The lowest BCUT2D eigenvalue weighted by Crippen LogP contribution is -2.56. The Morgan fingerprint density at radius 1 is 1.00 bits per heavy atom. The predicted molar refractivity (Wildman–Crippen MR) is 187 cm³/mol. The van der Waals surface area contributed by atoms with Gasteiger partial charge >= 0.3 is 5.97 Å². The van der Waals surface area contributed by atoms with Crippen LogP contribution in [0.2, 0.25) is 0 Å². The molecule has 4 rings (SSSR count). The summed E-state index contributed by atoms with van der Waals surface area (Å²) in [5, 5.41) is 15.5. The van der Waals surface area contributed by atoms with Gasteiger partial charge in [-0.1, -0.05) is 62.4 Å². The molecule has 4 N–H and O–H groups in total. The first kappa shape index (κ1) is 36.3. The smallest absolute Gasteiger partial charge is 0.330 e. The molecule has 0 saturated carbocycles. The van der Waals surface area contributed by atoms with Crippen molar-refractivity contribution in [3.63, 3.8) is 0 Å². The number of nitrogens with one attached hydrogen (secondary N) is 4. The highest BCUT2D eigenvalue weighted by molar-refractivity contribution is 7.12. The van der Waals surface area contributed by atoms with Gasteiger partial charge in [0.1, 0.15) is 12.1 Å². The number of fused-ring (bicyclic) bond motifs is 1. The molecule has 2 aromatic carbocycles. The Kier molecular flexibility index (Phi) is 13.3. The molecule has 0 aliphatic carbocycles. The van der Waals surface area contributed by atoms with Gasteiger partial charge in [0.15, 0.2) is 0 Å². The van der Waals surface area contributed by atoms with Crippen LogP contribution in [0.15, 0.2) is 66.1 Å². The van der Waals surface area contributed by atoms with Crippen LogP contribution >= 0.6 is 11.3 Å². The van der Waals surface area contributed by atoms with E-state index in [-0.39, 0.29) is 43.1 Å². The molecule has 0 spiro atoms. The van der Waals surface area contributed by atoms with E-state index in [9.17, 15) is 24.0 Å². The molecule has 1 aliphatic rings. The SMILES string of the molecule is CCOC(=O)/C=C/[C@H](C[C@@H]1CCCNC1=O)NC(=O)[C@H](CC(C)C)NC(=O)[C@H](Cc1cccc2ccccc12)NC(=O)c1sccc1C. The Bertz CT molecular complexity index is 1630. The van der Waals surface area contributed by atoms with Crippen LogP contribution in [-0.4, -0.2) is 60.9 Å². The number of amides is 4. The Hall–Kier alpha value is -4.51. The molecule has 1 aromatic heterocycles. The minimum atomic E-state index is -0.974. The van der Waals surface area contributed by atoms with E-state index in [1.54, 1.807) is 13.0 Å². The first-order valence-electron chi connectivity index (χ1n) is 16.6. The van der Waals surface area contributed by atoms with Crippen molar-refractivity contribution in [2.75, 3.05) is 13.2 Å². The van der Waals surface area contributed by atoms with Gasteiger partial charge in [-0.3, -0.25) is 19.2 Å². The summed E-state index contributed by atoms with van der Waals surface area (Å²) < 4.78 is 5.02. The van der Waals surface area contributed by atoms with Gasteiger partial charge in [-0.05, 0) is 78.8 Å². The second-order valence-corrected chi connectivity index (χ2v) is 13.5. The molecule has 3 aromatic rings. The van der Waals surface area contributed by atoms with Crippen molar-refractivity contribution in [1.82, 2.24) is 21.3 Å². The zero-order valence-corrected chi connectivity index (χ0v) is 28.9. The Morgan fingerprint density at radius 2 is 1.75 bits per heavy atom. The standard InChI is InChI=1S/C37H46N4O6S/c1-5-47-32(42)16-15-28(21-27-13-9-18-38-34(27)43)39-35(44)30(20-23(2)3)40-36(45)31(41-37(46)33-24(4)17-19-48-33)22-26-12-8-11-25-10-6-7-14-29(25)26/h6-8,10-12,14-17,19,23,27-28,30-31H,5,9,13,18,20-22H2,1-4H3,(H,38,43)(H,39,44)(H,40,45)(H,41,46)/b16-15+/t27-,28+,30-,31-/m0/s1. The van der Waals surface area contributed by atoms with Crippen LogP contribution in [0, 0.1) is 18.8 Å². The molecule has 1 fully saturated rings. The summed E-state index contributed by atoms with van der Waals surface area (Å²) in [6.07, 6.45) is 5.11. The Balaban J connectivity index is 1.58. The molecule has 48 heavy (non-hydrogen) atoms. The van der Waals surface area contributed by atoms with E-state index < -0.39 is 35.9 Å². The van der Waals surface area contributed by atoms with E-state index in [0.717, 1.165) is 28.3 Å². The average molecular weight is 675 g/mol. The molecule has 256 valence electrons. The van der Waals surface area contributed by atoms with E-state index in [1.165, 1.54) is 17.4 Å².